The molecule has 0 aliphatic heterocycles. The lowest BCUT2D eigenvalue weighted by Crippen LogP contribution is -2.07. The predicted molar refractivity (Wildman–Crippen MR) is 54.5 cm³/mol. The van der Waals surface area contributed by atoms with Crippen LogP contribution >= 0.6 is 0 Å². The fourth-order valence-corrected chi connectivity index (χ4v) is 2.26. The van der Waals surface area contributed by atoms with E-state index in [0.29, 0.717) is 0 Å². The number of nitrogens with two attached hydrogens (primary N) is 1. The number of carboxylic acids is 1. The van der Waals surface area contributed by atoms with Gasteiger partial charge in [0.15, 0.2) is 0 Å². The van der Waals surface area contributed by atoms with Gasteiger partial charge >= 0.3 is 5.97 Å². The molecule has 0 fully saturated rings. The zero-order valence-electron chi connectivity index (χ0n) is 8.53. The van der Waals surface area contributed by atoms with Gasteiger partial charge in [-0.1, -0.05) is 0 Å². The van der Waals surface area contributed by atoms with Gasteiger partial charge in [0.05, 0.1) is 6.42 Å². The number of rotatable bonds is 2. The van der Waals surface area contributed by atoms with Gasteiger partial charge in [-0.05, 0) is 31.2 Å². The van der Waals surface area contributed by atoms with Gasteiger partial charge in [-0.3, -0.25) is 4.79 Å². The molecule has 1 aromatic rings. The number of nitrogen functional groups attached to an aromatic ring is 1. The van der Waals surface area contributed by atoms with E-state index in [9.17, 15) is 4.79 Å². The van der Waals surface area contributed by atoms with Crippen molar-refractivity contribution in [1.82, 2.24) is 9.97 Å². The molecule has 80 valence electrons. The Morgan fingerprint density at radius 2 is 2.33 bits per heavy atom. The van der Waals surface area contributed by atoms with Crippen molar-refractivity contribution < 1.29 is 9.90 Å². The van der Waals surface area contributed by atoms with E-state index in [0.717, 1.165) is 29.8 Å². The topological polar surface area (TPSA) is 89.1 Å². The van der Waals surface area contributed by atoms with Crippen molar-refractivity contribution in [1.29, 1.82) is 0 Å². The van der Waals surface area contributed by atoms with Crippen LogP contribution in [0.15, 0.2) is 0 Å². The molecule has 1 atom stereocenters. The Balaban J connectivity index is 2.37. The van der Waals surface area contributed by atoms with E-state index in [4.69, 9.17) is 10.8 Å². The molecule has 5 nitrogen and oxygen atoms in total. The number of carbonyl (C=O) groups is 1. The molecule has 1 aliphatic rings. The van der Waals surface area contributed by atoms with Crippen LogP contribution in [0.5, 0.6) is 0 Å². The number of aliphatic carboxylic acids is 1. The van der Waals surface area contributed by atoms with Crippen LogP contribution < -0.4 is 5.73 Å². The summed E-state index contributed by atoms with van der Waals surface area (Å²) in [7, 11) is 0. The van der Waals surface area contributed by atoms with Gasteiger partial charge in [-0.15, -0.1) is 0 Å². The van der Waals surface area contributed by atoms with Crippen LogP contribution in [0, 0.1) is 6.92 Å². The Bertz CT molecular complexity index is 417. The first-order valence-corrected chi connectivity index (χ1v) is 4.92. The minimum Gasteiger partial charge on any atom is -0.481 e. The number of anilines is 1. The first-order valence-electron chi connectivity index (χ1n) is 4.92. The Morgan fingerprint density at radius 1 is 1.60 bits per heavy atom. The highest BCUT2D eigenvalue weighted by atomic mass is 16.4. The SMILES string of the molecule is Cc1nc(N)nc2c1C(CC(=O)O)CC2. The van der Waals surface area contributed by atoms with Crippen molar-refractivity contribution in [3.63, 3.8) is 0 Å². The summed E-state index contributed by atoms with van der Waals surface area (Å²) in [6.45, 7) is 1.86. The Morgan fingerprint density at radius 3 is 3.00 bits per heavy atom. The molecule has 3 N–H and O–H groups in total. The molecule has 0 amide bonds. The standard InChI is InChI=1S/C10H13N3O2/c1-5-9-6(4-8(14)15)2-3-7(9)13-10(11)12-5/h6H,2-4H2,1H3,(H,14,15)(H2,11,12,13). The smallest absolute Gasteiger partial charge is 0.303 e. The van der Waals surface area contributed by atoms with Crippen LogP contribution in [-0.4, -0.2) is 21.0 Å². The fourth-order valence-electron chi connectivity index (χ4n) is 2.26. The summed E-state index contributed by atoms with van der Waals surface area (Å²) < 4.78 is 0. The number of hydrogen-bond donors (Lipinski definition) is 2. The molecule has 0 saturated heterocycles. The van der Waals surface area contributed by atoms with Crippen LogP contribution in [0.3, 0.4) is 0 Å². The van der Waals surface area contributed by atoms with Crippen LogP contribution in [0.4, 0.5) is 5.95 Å². The van der Waals surface area contributed by atoms with Crippen LogP contribution in [-0.2, 0) is 11.2 Å². The van der Waals surface area contributed by atoms with Crippen LogP contribution in [0.25, 0.3) is 0 Å². The highest BCUT2D eigenvalue weighted by Crippen LogP contribution is 2.36. The first kappa shape index (κ1) is 9.89. The number of aryl methyl sites for hydroxylation is 2. The molecule has 1 aromatic heterocycles. The van der Waals surface area contributed by atoms with Gasteiger partial charge in [0.2, 0.25) is 5.95 Å². The monoisotopic (exact) mass is 207 g/mol. The zero-order valence-corrected chi connectivity index (χ0v) is 8.53. The van der Waals surface area contributed by atoms with Crippen molar-refractivity contribution in [3.05, 3.63) is 17.0 Å². The number of fused-ring (bicyclic) bond motifs is 1. The van der Waals surface area contributed by atoms with Crippen molar-refractivity contribution in [2.75, 3.05) is 5.73 Å². The van der Waals surface area contributed by atoms with Crippen molar-refractivity contribution in [2.24, 2.45) is 0 Å². The van der Waals surface area contributed by atoms with Crippen molar-refractivity contribution in [2.45, 2.75) is 32.1 Å². The average Bonchev–Trinajstić information content (AvgIpc) is 2.46. The maximum absolute atomic E-state index is 10.7. The Hall–Kier alpha value is -1.65. The van der Waals surface area contributed by atoms with E-state index in [2.05, 4.69) is 9.97 Å². The summed E-state index contributed by atoms with van der Waals surface area (Å²) in [5.41, 5.74) is 8.28. The number of carboxylic acid groups (broad SMARTS) is 1. The molecule has 0 bridgehead atoms. The van der Waals surface area contributed by atoms with Gasteiger partial charge < -0.3 is 10.8 Å². The van der Waals surface area contributed by atoms with Crippen LogP contribution in [0.1, 0.15) is 35.7 Å². The molecular weight excluding hydrogens is 194 g/mol. The van der Waals surface area contributed by atoms with Gasteiger partial charge in [0, 0.05) is 11.4 Å². The van der Waals surface area contributed by atoms with E-state index in [1.165, 1.54) is 0 Å². The molecule has 0 radical (unpaired) electrons. The van der Waals surface area contributed by atoms with E-state index in [1.807, 2.05) is 6.92 Å². The van der Waals surface area contributed by atoms with Crippen LogP contribution in [0.2, 0.25) is 0 Å². The van der Waals surface area contributed by atoms with E-state index in [1.54, 1.807) is 0 Å². The van der Waals surface area contributed by atoms with Gasteiger partial charge in [-0.25, -0.2) is 9.97 Å². The summed E-state index contributed by atoms with van der Waals surface area (Å²) in [5, 5.41) is 8.78. The fraction of sp³-hybridized carbons (Fsp3) is 0.500. The van der Waals surface area contributed by atoms with Gasteiger partial charge in [0.1, 0.15) is 0 Å². The van der Waals surface area contributed by atoms with Crippen molar-refractivity contribution in [3.8, 4) is 0 Å². The molecule has 0 spiro atoms. The summed E-state index contributed by atoms with van der Waals surface area (Å²) in [5.74, 6) is -0.440. The average molecular weight is 207 g/mol. The lowest BCUT2D eigenvalue weighted by atomic mass is 9.98. The number of aromatic nitrogens is 2. The number of hydrogen-bond acceptors (Lipinski definition) is 4. The summed E-state index contributed by atoms with van der Waals surface area (Å²) >= 11 is 0. The predicted octanol–water partition coefficient (Wildman–Crippen LogP) is 0.872. The Labute approximate surface area is 87.4 Å². The van der Waals surface area contributed by atoms with Crippen molar-refractivity contribution >= 4 is 11.9 Å². The molecule has 0 saturated carbocycles. The van der Waals surface area contributed by atoms with E-state index in [-0.39, 0.29) is 18.3 Å². The highest BCUT2D eigenvalue weighted by Gasteiger charge is 2.28. The van der Waals surface area contributed by atoms with E-state index >= 15 is 0 Å². The third kappa shape index (κ3) is 1.77. The second kappa shape index (κ2) is 3.49. The molecular formula is C10H13N3O2. The normalized spacial score (nSPS) is 18.9. The second-order valence-electron chi connectivity index (χ2n) is 3.86. The molecule has 5 heteroatoms. The molecule has 15 heavy (non-hydrogen) atoms. The molecule has 1 aliphatic carbocycles. The minimum atomic E-state index is -0.774. The molecule has 2 rings (SSSR count). The lowest BCUT2D eigenvalue weighted by molar-refractivity contribution is -0.137. The maximum Gasteiger partial charge on any atom is 0.303 e. The quantitative estimate of drug-likeness (QED) is 0.751. The third-order valence-electron chi connectivity index (χ3n) is 2.79. The van der Waals surface area contributed by atoms with Gasteiger partial charge in [0.25, 0.3) is 0 Å². The molecule has 1 unspecified atom stereocenters. The van der Waals surface area contributed by atoms with Gasteiger partial charge in [-0.2, -0.15) is 0 Å². The number of nitrogens with zero attached hydrogens (tertiary/aromatic N) is 2. The zero-order chi connectivity index (χ0) is 11.0. The molecule has 1 heterocycles. The molecule has 0 aromatic carbocycles. The second-order valence-corrected chi connectivity index (χ2v) is 3.86. The summed E-state index contributed by atoms with van der Waals surface area (Å²) in [6.07, 6.45) is 1.79. The maximum atomic E-state index is 10.7. The largest absolute Gasteiger partial charge is 0.481 e. The summed E-state index contributed by atoms with van der Waals surface area (Å²) in [4.78, 5) is 18.9. The highest BCUT2D eigenvalue weighted by molar-refractivity contribution is 5.68. The third-order valence-corrected chi connectivity index (χ3v) is 2.79. The lowest BCUT2D eigenvalue weighted by Gasteiger charge is -2.10. The first-order chi connectivity index (χ1) is 7.08. The summed E-state index contributed by atoms with van der Waals surface area (Å²) in [6, 6.07) is 0. The minimum absolute atomic E-state index is 0.0538. The Kier molecular flexibility index (Phi) is 2.30. The van der Waals surface area contributed by atoms with E-state index < -0.39 is 5.97 Å².